The van der Waals surface area contributed by atoms with E-state index in [4.69, 9.17) is 14.2 Å². The fraction of sp³-hybridized carbons (Fsp3) is 0.400. The van der Waals surface area contributed by atoms with Crippen molar-refractivity contribution in [2.24, 2.45) is 0 Å². The zero-order chi connectivity index (χ0) is 18.4. The molecule has 0 saturated carbocycles. The average Bonchev–Trinajstić information content (AvgIpc) is 2.68. The molecule has 6 heteroatoms. The lowest BCUT2D eigenvalue weighted by atomic mass is 9.98. The Bertz CT molecular complexity index is 650. The number of hydrogen-bond acceptors (Lipinski definition) is 6. The maximum atomic E-state index is 10.7. The summed E-state index contributed by atoms with van der Waals surface area (Å²) in [4.78, 5) is 0. The Hall–Kier alpha value is -1.80. The third-order valence-corrected chi connectivity index (χ3v) is 4.39. The van der Waals surface area contributed by atoms with Crippen LogP contribution in [0.25, 0.3) is 0 Å². The molecule has 26 heavy (non-hydrogen) atoms. The molecule has 1 fully saturated rings. The summed E-state index contributed by atoms with van der Waals surface area (Å²) < 4.78 is 16.9. The Balaban J connectivity index is 1.64. The largest absolute Gasteiger partial charge is 0.394 e. The molecule has 0 radical (unpaired) electrons. The molecule has 0 unspecified atom stereocenters. The lowest BCUT2D eigenvalue weighted by molar-refractivity contribution is -0.306. The molecule has 1 aliphatic heterocycles. The number of benzene rings is 2. The predicted octanol–water partition coefficient (Wildman–Crippen LogP) is 1.23. The Labute approximate surface area is 152 Å². The average molecular weight is 360 g/mol. The van der Waals surface area contributed by atoms with Crippen LogP contribution >= 0.6 is 0 Å². The van der Waals surface area contributed by atoms with Crippen molar-refractivity contribution in [3.8, 4) is 0 Å². The molecule has 6 nitrogen and oxygen atoms in total. The van der Waals surface area contributed by atoms with Gasteiger partial charge < -0.3 is 29.5 Å². The molecule has 0 spiro atoms. The van der Waals surface area contributed by atoms with Gasteiger partial charge in [0.05, 0.1) is 19.8 Å². The van der Waals surface area contributed by atoms with Crippen LogP contribution in [0.15, 0.2) is 60.7 Å². The highest BCUT2D eigenvalue weighted by Crippen LogP contribution is 2.26. The molecule has 3 rings (SSSR count). The van der Waals surface area contributed by atoms with Crippen LogP contribution in [-0.2, 0) is 27.4 Å². The summed E-state index contributed by atoms with van der Waals surface area (Å²) in [5.41, 5.74) is 1.85. The van der Waals surface area contributed by atoms with E-state index in [0.717, 1.165) is 11.1 Å². The van der Waals surface area contributed by atoms with Crippen molar-refractivity contribution >= 4 is 0 Å². The summed E-state index contributed by atoms with van der Waals surface area (Å²) >= 11 is 0. The maximum Gasteiger partial charge on any atom is 0.184 e. The Kier molecular flexibility index (Phi) is 6.73. The first-order valence-electron chi connectivity index (χ1n) is 8.62. The van der Waals surface area contributed by atoms with Crippen molar-refractivity contribution in [1.29, 1.82) is 0 Å². The lowest BCUT2D eigenvalue weighted by Crippen LogP contribution is -2.60. The van der Waals surface area contributed by atoms with Gasteiger partial charge in [-0.2, -0.15) is 0 Å². The molecule has 1 heterocycles. The molecule has 140 valence electrons. The smallest absolute Gasteiger partial charge is 0.184 e. The van der Waals surface area contributed by atoms with Gasteiger partial charge in [-0.3, -0.25) is 0 Å². The van der Waals surface area contributed by atoms with E-state index in [1.54, 1.807) is 0 Å². The van der Waals surface area contributed by atoms with E-state index in [1.165, 1.54) is 0 Å². The van der Waals surface area contributed by atoms with E-state index in [-0.39, 0.29) is 19.8 Å². The fourth-order valence-electron chi connectivity index (χ4n) is 2.98. The molecule has 0 aromatic heterocycles. The minimum atomic E-state index is -1.34. The number of aliphatic hydroxyl groups is 3. The number of aliphatic hydroxyl groups excluding tert-OH is 3. The van der Waals surface area contributed by atoms with Crippen LogP contribution in [-0.4, -0.2) is 52.6 Å². The topological polar surface area (TPSA) is 88.4 Å². The standard InChI is InChI=1S/C20H24O6/c21-11-16-18(24-12-14-7-3-1-4-8-14)17(22)19(20(23)26-16)25-13-15-9-5-2-6-10-15/h1-10,16-23H,11-13H2/t16-,17+,18+,19-,20+/m1/s1. The molecule has 1 saturated heterocycles. The monoisotopic (exact) mass is 360 g/mol. The van der Waals surface area contributed by atoms with Crippen LogP contribution in [0, 0.1) is 0 Å². The zero-order valence-electron chi connectivity index (χ0n) is 14.3. The van der Waals surface area contributed by atoms with Gasteiger partial charge >= 0.3 is 0 Å². The summed E-state index contributed by atoms with van der Waals surface area (Å²) in [6, 6.07) is 19.0. The summed E-state index contributed by atoms with van der Waals surface area (Å²) in [5, 5.41) is 30.3. The number of ether oxygens (including phenoxy) is 3. The Morgan fingerprint density at radius 1 is 0.769 bits per heavy atom. The minimum Gasteiger partial charge on any atom is -0.394 e. The Morgan fingerprint density at radius 2 is 1.27 bits per heavy atom. The minimum absolute atomic E-state index is 0.220. The molecule has 2 aromatic carbocycles. The zero-order valence-corrected chi connectivity index (χ0v) is 14.3. The van der Waals surface area contributed by atoms with Crippen LogP contribution < -0.4 is 0 Å². The van der Waals surface area contributed by atoms with Gasteiger partial charge in [-0.25, -0.2) is 0 Å². The molecule has 2 aromatic rings. The van der Waals surface area contributed by atoms with Gasteiger partial charge in [0, 0.05) is 0 Å². The van der Waals surface area contributed by atoms with E-state index in [2.05, 4.69) is 0 Å². The second-order valence-electron chi connectivity index (χ2n) is 6.26. The lowest BCUT2D eigenvalue weighted by Gasteiger charge is -2.41. The predicted molar refractivity (Wildman–Crippen MR) is 94.0 cm³/mol. The summed E-state index contributed by atoms with van der Waals surface area (Å²) in [6.45, 7) is 0.0983. The van der Waals surface area contributed by atoms with Crippen LogP contribution in [0.3, 0.4) is 0 Å². The molecule has 3 N–H and O–H groups in total. The molecule has 0 bridgehead atoms. The molecule has 1 aliphatic rings. The highest BCUT2D eigenvalue weighted by atomic mass is 16.7. The van der Waals surface area contributed by atoms with Crippen molar-refractivity contribution in [2.75, 3.05) is 6.61 Å². The number of rotatable bonds is 7. The van der Waals surface area contributed by atoms with Crippen LogP contribution in [0.5, 0.6) is 0 Å². The van der Waals surface area contributed by atoms with Gasteiger partial charge in [0.2, 0.25) is 0 Å². The SMILES string of the molecule is OC[C@H]1O[C@H](O)[C@H](OCc2ccccc2)[C@@H](O)[C@H]1OCc1ccccc1. The number of hydrogen-bond donors (Lipinski definition) is 3. The van der Waals surface area contributed by atoms with E-state index >= 15 is 0 Å². The summed E-state index contributed by atoms with van der Waals surface area (Å²) in [6.07, 6.45) is -5.10. The molecule has 0 aliphatic carbocycles. The highest BCUT2D eigenvalue weighted by molar-refractivity contribution is 5.14. The van der Waals surface area contributed by atoms with Gasteiger partial charge in [-0.15, -0.1) is 0 Å². The fourth-order valence-corrected chi connectivity index (χ4v) is 2.98. The molecule has 0 amide bonds. The van der Waals surface area contributed by atoms with Crippen LogP contribution in [0.4, 0.5) is 0 Å². The van der Waals surface area contributed by atoms with Crippen molar-refractivity contribution < 1.29 is 29.5 Å². The van der Waals surface area contributed by atoms with E-state index in [9.17, 15) is 15.3 Å². The van der Waals surface area contributed by atoms with Crippen molar-refractivity contribution in [3.63, 3.8) is 0 Å². The third-order valence-electron chi connectivity index (χ3n) is 4.39. The first-order chi connectivity index (χ1) is 12.7. The van der Waals surface area contributed by atoms with Crippen molar-refractivity contribution in [3.05, 3.63) is 71.8 Å². The van der Waals surface area contributed by atoms with Crippen molar-refractivity contribution in [1.82, 2.24) is 0 Å². The van der Waals surface area contributed by atoms with Gasteiger partial charge in [0.15, 0.2) is 6.29 Å². The quantitative estimate of drug-likeness (QED) is 0.688. The van der Waals surface area contributed by atoms with Gasteiger partial charge in [-0.1, -0.05) is 60.7 Å². The summed E-state index contributed by atoms with van der Waals surface area (Å²) in [7, 11) is 0. The van der Waals surface area contributed by atoms with E-state index in [1.807, 2.05) is 60.7 Å². The second-order valence-corrected chi connectivity index (χ2v) is 6.26. The molecular formula is C20H24O6. The maximum absolute atomic E-state index is 10.7. The molecule has 5 atom stereocenters. The van der Waals surface area contributed by atoms with Gasteiger partial charge in [0.25, 0.3) is 0 Å². The summed E-state index contributed by atoms with van der Waals surface area (Å²) in [5.74, 6) is 0. The highest BCUT2D eigenvalue weighted by Gasteiger charge is 2.45. The van der Waals surface area contributed by atoms with Gasteiger partial charge in [0.1, 0.15) is 24.4 Å². The molecular weight excluding hydrogens is 336 g/mol. The second kappa shape index (κ2) is 9.23. The first kappa shape index (κ1) is 19.0. The van der Waals surface area contributed by atoms with E-state index < -0.39 is 30.7 Å². The van der Waals surface area contributed by atoms with Crippen molar-refractivity contribution in [2.45, 2.75) is 43.9 Å². The first-order valence-corrected chi connectivity index (χ1v) is 8.62. The Morgan fingerprint density at radius 3 is 1.77 bits per heavy atom. The van der Waals surface area contributed by atoms with Crippen LogP contribution in [0.1, 0.15) is 11.1 Å². The third kappa shape index (κ3) is 4.67. The van der Waals surface area contributed by atoms with E-state index in [0.29, 0.717) is 0 Å². The van der Waals surface area contributed by atoms with Crippen LogP contribution in [0.2, 0.25) is 0 Å². The normalized spacial score (nSPS) is 28.8. The van der Waals surface area contributed by atoms with Gasteiger partial charge in [-0.05, 0) is 11.1 Å².